The molecular formula is C26H23N3O3S. The van der Waals surface area contributed by atoms with Crippen LogP contribution in [-0.2, 0) is 0 Å². The number of hydrogen-bond donors (Lipinski definition) is 1. The number of carbonyl (C=O) groups is 1. The minimum atomic E-state index is -0.266. The van der Waals surface area contributed by atoms with Crippen molar-refractivity contribution in [3.05, 3.63) is 106 Å². The lowest BCUT2D eigenvalue weighted by molar-refractivity contribution is 0.102. The second kappa shape index (κ2) is 10.2. The summed E-state index contributed by atoms with van der Waals surface area (Å²) < 4.78 is 6.90. The third-order valence-electron chi connectivity index (χ3n) is 4.83. The Morgan fingerprint density at radius 3 is 2.42 bits per heavy atom. The Morgan fingerprint density at radius 1 is 0.970 bits per heavy atom. The fourth-order valence-corrected chi connectivity index (χ4v) is 3.93. The Balaban J connectivity index is 1.52. The van der Waals surface area contributed by atoms with Crippen molar-refractivity contribution in [3.63, 3.8) is 0 Å². The fourth-order valence-electron chi connectivity index (χ4n) is 3.16. The lowest BCUT2D eigenvalue weighted by atomic mass is 10.2. The van der Waals surface area contributed by atoms with Gasteiger partial charge in [0.2, 0.25) is 0 Å². The molecular weight excluding hydrogens is 434 g/mol. The number of aryl methyl sites for hydroxylation is 1. The molecule has 1 aromatic heterocycles. The third kappa shape index (κ3) is 5.51. The van der Waals surface area contributed by atoms with E-state index in [9.17, 15) is 9.59 Å². The summed E-state index contributed by atoms with van der Waals surface area (Å²) in [4.78, 5) is 26.2. The molecule has 0 aliphatic rings. The Morgan fingerprint density at radius 2 is 1.70 bits per heavy atom. The van der Waals surface area contributed by atoms with Crippen LogP contribution in [-0.4, -0.2) is 22.3 Å². The molecule has 0 fully saturated rings. The average Bonchev–Trinajstić information content (AvgIpc) is 2.83. The van der Waals surface area contributed by atoms with Crippen molar-refractivity contribution in [2.24, 2.45) is 0 Å². The number of nitrogens with one attached hydrogen (secondary N) is 1. The summed E-state index contributed by atoms with van der Waals surface area (Å²) in [6, 6.07) is 25.4. The number of nitrogens with zero attached hydrogens (tertiary/aromatic N) is 2. The fraction of sp³-hybridized carbons (Fsp3) is 0.115. The molecule has 3 aromatic carbocycles. The molecule has 0 aliphatic heterocycles. The van der Waals surface area contributed by atoms with Crippen molar-refractivity contribution < 1.29 is 9.53 Å². The summed E-state index contributed by atoms with van der Waals surface area (Å²) in [6.07, 6.45) is 0. The van der Waals surface area contributed by atoms with Crippen LogP contribution in [0.25, 0.3) is 5.69 Å². The Hall–Kier alpha value is -3.84. The minimum absolute atomic E-state index is 0.244. The molecule has 0 unspecified atom stereocenters. The largest absolute Gasteiger partial charge is 0.492 e. The van der Waals surface area contributed by atoms with E-state index in [1.54, 1.807) is 36.4 Å². The maximum atomic E-state index is 12.7. The summed E-state index contributed by atoms with van der Waals surface area (Å²) in [5.41, 5.74) is 2.59. The molecule has 0 radical (unpaired) electrons. The summed E-state index contributed by atoms with van der Waals surface area (Å²) in [7, 11) is 0. The van der Waals surface area contributed by atoms with Gasteiger partial charge in [-0.1, -0.05) is 41.6 Å². The highest BCUT2D eigenvalue weighted by molar-refractivity contribution is 7.99. The quantitative estimate of drug-likeness (QED) is 0.405. The van der Waals surface area contributed by atoms with Crippen molar-refractivity contribution in [2.45, 2.75) is 23.8 Å². The molecule has 1 amide bonds. The van der Waals surface area contributed by atoms with E-state index in [1.807, 2.05) is 56.3 Å². The maximum absolute atomic E-state index is 12.7. The SMILES string of the molecule is CCOc1ccccc1NC(=O)c1ccc(-n2nc(Sc3ccc(C)cc3)ccc2=O)cc1. The number of carbonyl (C=O) groups excluding carboxylic acids is 1. The number of aromatic nitrogens is 2. The smallest absolute Gasteiger partial charge is 0.271 e. The van der Waals surface area contributed by atoms with Crippen LogP contribution in [0.3, 0.4) is 0 Å². The number of rotatable bonds is 7. The Labute approximate surface area is 196 Å². The monoisotopic (exact) mass is 457 g/mol. The molecule has 1 N–H and O–H groups in total. The van der Waals surface area contributed by atoms with E-state index in [-0.39, 0.29) is 11.5 Å². The molecule has 0 bridgehead atoms. The van der Waals surface area contributed by atoms with Gasteiger partial charge in [0.25, 0.3) is 11.5 Å². The van der Waals surface area contributed by atoms with E-state index in [0.29, 0.717) is 34.3 Å². The van der Waals surface area contributed by atoms with Gasteiger partial charge in [-0.25, -0.2) is 0 Å². The second-order valence-corrected chi connectivity index (χ2v) is 8.36. The van der Waals surface area contributed by atoms with Gasteiger partial charge in [0.05, 0.1) is 18.0 Å². The van der Waals surface area contributed by atoms with Gasteiger partial charge in [-0.15, -0.1) is 0 Å². The first-order valence-electron chi connectivity index (χ1n) is 10.5. The van der Waals surface area contributed by atoms with E-state index in [2.05, 4.69) is 10.4 Å². The van der Waals surface area contributed by atoms with Crippen molar-refractivity contribution in [1.29, 1.82) is 0 Å². The van der Waals surface area contributed by atoms with Gasteiger partial charge in [0.15, 0.2) is 0 Å². The first-order chi connectivity index (χ1) is 16.0. The Kier molecular flexibility index (Phi) is 6.90. The zero-order valence-electron chi connectivity index (χ0n) is 18.3. The van der Waals surface area contributed by atoms with Crippen molar-refractivity contribution in [1.82, 2.24) is 9.78 Å². The molecule has 166 valence electrons. The standard InChI is InChI=1S/C26H23N3O3S/c1-3-32-23-7-5-4-6-22(23)27-26(31)19-10-12-20(13-11-19)29-25(30)17-16-24(28-29)33-21-14-8-18(2)9-15-21/h4-17H,3H2,1-2H3,(H,27,31). The van der Waals surface area contributed by atoms with Gasteiger partial charge in [-0.3, -0.25) is 9.59 Å². The van der Waals surface area contributed by atoms with E-state index in [4.69, 9.17) is 4.74 Å². The van der Waals surface area contributed by atoms with Crippen LogP contribution in [0.5, 0.6) is 5.75 Å². The van der Waals surface area contributed by atoms with Crippen molar-refractivity contribution in [2.75, 3.05) is 11.9 Å². The Bertz CT molecular complexity index is 1320. The first-order valence-corrected chi connectivity index (χ1v) is 11.3. The van der Waals surface area contributed by atoms with E-state index >= 15 is 0 Å². The van der Waals surface area contributed by atoms with E-state index < -0.39 is 0 Å². The second-order valence-electron chi connectivity index (χ2n) is 7.27. The molecule has 0 atom stereocenters. The molecule has 1 heterocycles. The van der Waals surface area contributed by atoms with Crippen LogP contribution in [0.1, 0.15) is 22.8 Å². The van der Waals surface area contributed by atoms with Crippen LogP contribution in [0.2, 0.25) is 0 Å². The topological polar surface area (TPSA) is 73.2 Å². The average molecular weight is 458 g/mol. The first kappa shape index (κ1) is 22.4. The van der Waals surface area contributed by atoms with Gasteiger partial charge in [0, 0.05) is 16.5 Å². The van der Waals surface area contributed by atoms with Gasteiger partial charge in [-0.2, -0.15) is 9.78 Å². The van der Waals surface area contributed by atoms with Crippen LogP contribution in [0.4, 0.5) is 5.69 Å². The maximum Gasteiger partial charge on any atom is 0.271 e. The molecule has 4 aromatic rings. The number of hydrogen-bond acceptors (Lipinski definition) is 5. The zero-order valence-corrected chi connectivity index (χ0v) is 19.1. The van der Waals surface area contributed by atoms with Crippen LogP contribution >= 0.6 is 11.8 Å². The molecule has 0 saturated heterocycles. The molecule has 33 heavy (non-hydrogen) atoms. The van der Waals surface area contributed by atoms with Gasteiger partial charge >= 0.3 is 0 Å². The van der Waals surface area contributed by atoms with Crippen LogP contribution in [0, 0.1) is 6.92 Å². The van der Waals surface area contributed by atoms with E-state index in [1.165, 1.54) is 28.1 Å². The number of benzene rings is 3. The van der Waals surface area contributed by atoms with Gasteiger partial charge in [0.1, 0.15) is 10.8 Å². The number of anilines is 1. The summed E-state index contributed by atoms with van der Waals surface area (Å²) >= 11 is 1.48. The lowest BCUT2D eigenvalue weighted by Crippen LogP contribution is -2.20. The van der Waals surface area contributed by atoms with Crippen molar-refractivity contribution in [3.8, 4) is 11.4 Å². The highest BCUT2D eigenvalue weighted by Crippen LogP contribution is 2.26. The summed E-state index contributed by atoms with van der Waals surface area (Å²) in [5.74, 6) is 0.348. The van der Waals surface area contributed by atoms with Crippen LogP contribution in [0.15, 0.2) is 99.6 Å². The highest BCUT2D eigenvalue weighted by Gasteiger charge is 2.11. The number of ether oxygens (including phenoxy) is 1. The van der Waals surface area contributed by atoms with Crippen LogP contribution < -0.4 is 15.6 Å². The third-order valence-corrected chi connectivity index (χ3v) is 5.76. The highest BCUT2D eigenvalue weighted by atomic mass is 32.2. The zero-order chi connectivity index (χ0) is 23.2. The molecule has 0 spiro atoms. The summed E-state index contributed by atoms with van der Waals surface area (Å²) in [5, 5.41) is 8.06. The predicted octanol–water partition coefficient (Wildman–Crippen LogP) is 5.34. The number of amides is 1. The molecule has 7 heteroatoms. The van der Waals surface area contributed by atoms with E-state index in [0.717, 1.165) is 4.90 Å². The van der Waals surface area contributed by atoms with Gasteiger partial charge < -0.3 is 10.1 Å². The molecule has 4 rings (SSSR count). The predicted molar refractivity (Wildman–Crippen MR) is 131 cm³/mol. The van der Waals surface area contributed by atoms with Gasteiger partial charge in [-0.05, 0) is 68.4 Å². The molecule has 0 aliphatic carbocycles. The normalized spacial score (nSPS) is 10.6. The minimum Gasteiger partial charge on any atom is -0.492 e. The molecule has 0 saturated carbocycles. The lowest BCUT2D eigenvalue weighted by Gasteiger charge is -2.12. The summed E-state index contributed by atoms with van der Waals surface area (Å²) in [6.45, 7) is 4.43. The molecule has 6 nitrogen and oxygen atoms in total. The van der Waals surface area contributed by atoms with Crippen molar-refractivity contribution >= 4 is 23.4 Å². The number of para-hydroxylation sites is 2.